The number of halogens is 1. The van der Waals surface area contributed by atoms with E-state index in [0.29, 0.717) is 29.5 Å². The molecule has 3 aromatic rings. The van der Waals surface area contributed by atoms with Crippen LogP contribution >= 0.6 is 0 Å². The second-order valence-corrected chi connectivity index (χ2v) is 6.42. The molecular formula is C20H16FN3O4. The first kappa shape index (κ1) is 17.8. The average molecular weight is 381 g/mol. The highest BCUT2D eigenvalue weighted by Gasteiger charge is 2.34. The molecule has 1 aromatic heterocycles. The van der Waals surface area contributed by atoms with Crippen LogP contribution in [0.5, 0.6) is 0 Å². The Labute approximate surface area is 159 Å². The van der Waals surface area contributed by atoms with Crippen molar-refractivity contribution in [1.29, 1.82) is 0 Å². The minimum Gasteiger partial charge on any atom is -0.388 e. The van der Waals surface area contributed by atoms with Crippen molar-refractivity contribution in [2.75, 3.05) is 6.54 Å². The molecule has 0 atom stereocenters. The fourth-order valence-corrected chi connectivity index (χ4v) is 3.13. The number of hydrogen-bond acceptors (Lipinski definition) is 5. The van der Waals surface area contributed by atoms with Crippen molar-refractivity contribution in [2.45, 2.75) is 19.4 Å². The lowest BCUT2D eigenvalue weighted by Crippen LogP contribution is -2.31. The van der Waals surface area contributed by atoms with Gasteiger partial charge in [-0.05, 0) is 49.2 Å². The maximum atomic E-state index is 13.0. The third kappa shape index (κ3) is 3.24. The van der Waals surface area contributed by atoms with Gasteiger partial charge in [0.25, 0.3) is 11.8 Å². The minimum absolute atomic E-state index is 0.116. The molecule has 0 N–H and O–H groups in total. The molecule has 28 heavy (non-hydrogen) atoms. The van der Waals surface area contributed by atoms with Crippen molar-refractivity contribution in [2.24, 2.45) is 0 Å². The van der Waals surface area contributed by atoms with Gasteiger partial charge in [-0.3, -0.25) is 14.5 Å². The van der Waals surface area contributed by atoms with Crippen LogP contribution in [0.4, 0.5) is 4.39 Å². The van der Waals surface area contributed by atoms with Gasteiger partial charge in [0.15, 0.2) is 0 Å². The summed E-state index contributed by atoms with van der Waals surface area (Å²) < 4.78 is 19.3. The number of amides is 2. The van der Waals surface area contributed by atoms with Crippen LogP contribution in [0.15, 0.2) is 57.7 Å². The van der Waals surface area contributed by atoms with Gasteiger partial charge in [-0.25, -0.2) is 9.18 Å². The number of nitrogens with zero attached hydrogens (tertiary/aromatic N) is 3. The van der Waals surface area contributed by atoms with E-state index < -0.39 is 11.6 Å². The smallest absolute Gasteiger partial charge is 0.388 e. The number of hydrogen-bond donors (Lipinski definition) is 0. The molecule has 0 fully saturated rings. The van der Waals surface area contributed by atoms with E-state index in [2.05, 4.69) is 5.10 Å². The van der Waals surface area contributed by atoms with Crippen LogP contribution in [0.3, 0.4) is 0 Å². The molecule has 2 amide bonds. The molecule has 0 saturated carbocycles. The van der Waals surface area contributed by atoms with E-state index in [1.54, 1.807) is 24.3 Å². The van der Waals surface area contributed by atoms with Gasteiger partial charge in [0, 0.05) is 18.7 Å². The fraction of sp³-hybridized carbons (Fsp3) is 0.200. The maximum absolute atomic E-state index is 13.0. The monoisotopic (exact) mass is 381 g/mol. The first-order valence-corrected chi connectivity index (χ1v) is 8.84. The van der Waals surface area contributed by atoms with Gasteiger partial charge in [-0.15, -0.1) is 5.10 Å². The lowest BCUT2D eigenvalue weighted by atomic mass is 10.1. The topological polar surface area (TPSA) is 85.4 Å². The predicted molar refractivity (Wildman–Crippen MR) is 97.2 cm³/mol. The van der Waals surface area contributed by atoms with E-state index in [-0.39, 0.29) is 30.8 Å². The van der Waals surface area contributed by atoms with Crippen LogP contribution in [0.25, 0.3) is 11.5 Å². The molecule has 0 aliphatic carbocycles. The zero-order chi connectivity index (χ0) is 19.7. The zero-order valence-electron chi connectivity index (χ0n) is 14.8. The normalized spacial score (nSPS) is 13.2. The summed E-state index contributed by atoms with van der Waals surface area (Å²) in [5, 5.41) is 4.11. The van der Waals surface area contributed by atoms with E-state index >= 15 is 0 Å². The van der Waals surface area contributed by atoms with Gasteiger partial charge in [0.1, 0.15) is 5.82 Å². The molecule has 142 valence electrons. The van der Waals surface area contributed by atoms with Crippen LogP contribution < -0.4 is 5.76 Å². The Kier molecular flexibility index (Phi) is 4.60. The van der Waals surface area contributed by atoms with Crippen LogP contribution in [0.1, 0.15) is 33.6 Å². The van der Waals surface area contributed by atoms with Crippen molar-refractivity contribution in [3.63, 3.8) is 0 Å². The molecule has 0 radical (unpaired) electrons. The first-order chi connectivity index (χ1) is 13.5. The third-order valence-corrected chi connectivity index (χ3v) is 4.58. The molecule has 2 aromatic carbocycles. The fourth-order valence-electron chi connectivity index (χ4n) is 3.13. The first-order valence-electron chi connectivity index (χ1n) is 8.84. The zero-order valence-corrected chi connectivity index (χ0v) is 14.8. The van der Waals surface area contributed by atoms with Crippen molar-refractivity contribution in [3.05, 3.63) is 76.0 Å². The number of carbonyl (C=O) groups is 2. The highest BCUT2D eigenvalue weighted by atomic mass is 19.1. The number of aromatic nitrogens is 2. The number of carbonyl (C=O) groups excluding carboxylic acids is 2. The Morgan fingerprint density at radius 3 is 2.11 bits per heavy atom. The Bertz CT molecular complexity index is 1070. The summed E-state index contributed by atoms with van der Waals surface area (Å²) in [6.07, 6.45) is 1.05. The van der Waals surface area contributed by atoms with E-state index in [4.69, 9.17) is 4.42 Å². The number of imide groups is 1. The van der Waals surface area contributed by atoms with Crippen molar-refractivity contribution >= 4 is 11.8 Å². The molecule has 8 heteroatoms. The molecule has 2 heterocycles. The standard InChI is InChI=1S/C20H16FN3O4/c21-14-9-7-13(8-10-14)17-22-24(20(27)28-17)12-4-3-11-23-18(25)15-5-1-2-6-16(15)19(23)26/h1-2,5-10H,3-4,11-12H2. The van der Waals surface area contributed by atoms with E-state index in [9.17, 15) is 18.8 Å². The Morgan fingerprint density at radius 1 is 0.857 bits per heavy atom. The lowest BCUT2D eigenvalue weighted by molar-refractivity contribution is 0.0651. The lowest BCUT2D eigenvalue weighted by Gasteiger charge is -2.13. The van der Waals surface area contributed by atoms with Crippen LogP contribution in [-0.4, -0.2) is 33.0 Å². The quantitative estimate of drug-likeness (QED) is 0.484. The highest BCUT2D eigenvalue weighted by Crippen LogP contribution is 2.22. The highest BCUT2D eigenvalue weighted by molar-refractivity contribution is 6.21. The summed E-state index contributed by atoms with van der Waals surface area (Å²) in [5.74, 6) is -1.47. The van der Waals surface area contributed by atoms with E-state index in [1.807, 2.05) is 0 Å². The molecule has 7 nitrogen and oxygen atoms in total. The van der Waals surface area contributed by atoms with Gasteiger partial charge in [0.05, 0.1) is 11.1 Å². The summed E-state index contributed by atoms with van der Waals surface area (Å²) >= 11 is 0. The SMILES string of the molecule is O=C1c2ccccc2C(=O)N1CCCCn1nc(-c2ccc(F)cc2)oc1=O. The second-order valence-electron chi connectivity index (χ2n) is 6.42. The van der Waals surface area contributed by atoms with Gasteiger partial charge in [0.2, 0.25) is 5.89 Å². The average Bonchev–Trinajstić information content (AvgIpc) is 3.18. The van der Waals surface area contributed by atoms with Crippen molar-refractivity contribution in [3.8, 4) is 11.5 Å². The molecule has 0 spiro atoms. The second kappa shape index (κ2) is 7.22. The minimum atomic E-state index is -0.611. The largest absolute Gasteiger partial charge is 0.437 e. The predicted octanol–water partition coefficient (Wildman–Crippen LogP) is 2.72. The summed E-state index contributed by atoms with van der Waals surface area (Å²) in [5.41, 5.74) is 1.34. The van der Waals surface area contributed by atoms with Gasteiger partial charge < -0.3 is 4.42 Å². The molecular weight excluding hydrogens is 365 g/mol. The molecule has 1 aliphatic rings. The van der Waals surface area contributed by atoms with E-state index in [0.717, 1.165) is 0 Å². The van der Waals surface area contributed by atoms with Gasteiger partial charge >= 0.3 is 5.76 Å². The molecule has 4 rings (SSSR count). The third-order valence-electron chi connectivity index (χ3n) is 4.58. The van der Waals surface area contributed by atoms with Crippen molar-refractivity contribution < 1.29 is 18.4 Å². The van der Waals surface area contributed by atoms with Gasteiger partial charge in [-0.1, -0.05) is 12.1 Å². The summed E-state index contributed by atoms with van der Waals surface area (Å²) in [6.45, 7) is 0.552. The summed E-state index contributed by atoms with van der Waals surface area (Å²) in [4.78, 5) is 37.8. The summed E-state index contributed by atoms with van der Waals surface area (Å²) in [6, 6.07) is 12.2. The number of rotatable bonds is 6. The maximum Gasteiger partial charge on any atom is 0.437 e. The molecule has 0 unspecified atom stereocenters. The summed E-state index contributed by atoms with van der Waals surface area (Å²) in [7, 11) is 0. The Hall–Kier alpha value is -3.55. The number of aryl methyl sites for hydroxylation is 1. The Balaban J connectivity index is 1.35. The molecule has 1 aliphatic heterocycles. The molecule has 0 bridgehead atoms. The van der Waals surface area contributed by atoms with Crippen molar-refractivity contribution in [1.82, 2.24) is 14.7 Å². The van der Waals surface area contributed by atoms with E-state index in [1.165, 1.54) is 33.8 Å². The van der Waals surface area contributed by atoms with Crippen LogP contribution in [0, 0.1) is 5.82 Å². The number of unbranched alkanes of at least 4 members (excludes halogenated alkanes) is 1. The van der Waals surface area contributed by atoms with Crippen LogP contribution in [0.2, 0.25) is 0 Å². The number of fused-ring (bicyclic) bond motifs is 1. The molecule has 0 saturated heterocycles. The number of benzene rings is 2. The van der Waals surface area contributed by atoms with Gasteiger partial charge in [-0.2, -0.15) is 4.68 Å². The Morgan fingerprint density at radius 2 is 1.46 bits per heavy atom. The van der Waals surface area contributed by atoms with Crippen LogP contribution in [-0.2, 0) is 6.54 Å².